The van der Waals surface area contributed by atoms with Crippen LogP contribution in [0.1, 0.15) is 50.5 Å². The van der Waals surface area contributed by atoms with Gasteiger partial charge in [0.2, 0.25) is 0 Å². The molecule has 1 aliphatic carbocycles. The van der Waals surface area contributed by atoms with Crippen LogP contribution in [0.2, 0.25) is 0 Å². The second-order valence-electron chi connectivity index (χ2n) is 6.39. The number of nitrogens with zero attached hydrogens (tertiary/aromatic N) is 1. The Labute approximate surface area is 134 Å². The lowest BCUT2D eigenvalue weighted by Crippen LogP contribution is -2.40. The van der Waals surface area contributed by atoms with Crippen molar-refractivity contribution in [3.63, 3.8) is 0 Å². The summed E-state index contributed by atoms with van der Waals surface area (Å²) in [5, 5.41) is 0. The van der Waals surface area contributed by atoms with E-state index in [1.165, 1.54) is 37.7 Å². The summed E-state index contributed by atoms with van der Waals surface area (Å²) in [6.07, 6.45) is 6.70. The molecule has 0 bridgehead atoms. The molecule has 0 aliphatic heterocycles. The first kappa shape index (κ1) is 16.4. The molecular formula is C18H28N2S. The molecule has 0 radical (unpaired) electrons. The van der Waals surface area contributed by atoms with Gasteiger partial charge in [-0.25, -0.2) is 0 Å². The van der Waals surface area contributed by atoms with E-state index in [1.54, 1.807) is 0 Å². The molecule has 0 aromatic heterocycles. The van der Waals surface area contributed by atoms with Crippen LogP contribution in [0.15, 0.2) is 30.3 Å². The zero-order valence-corrected chi connectivity index (χ0v) is 14.1. The Bertz CT molecular complexity index is 438. The Hall–Kier alpha value is -0.930. The standard InChI is InChI=1S/C18H28N2S/c1-3-14-9-11-16(12-10-14)20(2)13-17(18(19)21)15-7-5-4-6-8-15/h4-8,14,16-17H,3,9-13H2,1-2H3,(H2,19,21). The Morgan fingerprint density at radius 3 is 2.38 bits per heavy atom. The van der Waals surface area contributed by atoms with Gasteiger partial charge in [0.25, 0.3) is 0 Å². The zero-order valence-electron chi connectivity index (χ0n) is 13.3. The summed E-state index contributed by atoms with van der Waals surface area (Å²) >= 11 is 5.31. The Balaban J connectivity index is 1.96. The molecule has 1 aromatic rings. The molecule has 21 heavy (non-hydrogen) atoms. The molecule has 0 spiro atoms. The maximum atomic E-state index is 5.99. The molecule has 1 unspecified atom stereocenters. The van der Waals surface area contributed by atoms with Gasteiger partial charge in [0.05, 0.1) is 4.99 Å². The monoisotopic (exact) mass is 304 g/mol. The van der Waals surface area contributed by atoms with E-state index in [4.69, 9.17) is 18.0 Å². The quantitative estimate of drug-likeness (QED) is 0.807. The first-order chi connectivity index (χ1) is 10.1. The number of nitrogens with two attached hydrogens (primary N) is 1. The van der Waals surface area contributed by atoms with Crippen LogP contribution in [-0.2, 0) is 0 Å². The summed E-state index contributed by atoms with van der Waals surface area (Å²) in [6, 6.07) is 11.1. The van der Waals surface area contributed by atoms with Crippen LogP contribution < -0.4 is 5.73 Å². The van der Waals surface area contributed by atoms with Crippen LogP contribution in [-0.4, -0.2) is 29.5 Å². The third-order valence-corrected chi connectivity index (χ3v) is 5.32. The van der Waals surface area contributed by atoms with Crippen LogP contribution in [0.25, 0.3) is 0 Å². The van der Waals surface area contributed by atoms with Crippen LogP contribution >= 0.6 is 12.2 Å². The largest absolute Gasteiger partial charge is 0.393 e. The molecule has 1 aromatic carbocycles. The van der Waals surface area contributed by atoms with E-state index >= 15 is 0 Å². The molecule has 0 heterocycles. The Morgan fingerprint density at radius 2 is 1.86 bits per heavy atom. The van der Waals surface area contributed by atoms with Gasteiger partial charge in [0.1, 0.15) is 0 Å². The van der Waals surface area contributed by atoms with Crippen LogP contribution in [0, 0.1) is 5.92 Å². The minimum Gasteiger partial charge on any atom is -0.393 e. The molecule has 0 saturated heterocycles. The number of likely N-dealkylation sites (N-methyl/N-ethyl adjacent to an activating group) is 1. The minimum absolute atomic E-state index is 0.162. The van der Waals surface area contributed by atoms with Crippen molar-refractivity contribution in [3.05, 3.63) is 35.9 Å². The van der Waals surface area contributed by atoms with Gasteiger partial charge in [-0.2, -0.15) is 0 Å². The lowest BCUT2D eigenvalue weighted by Gasteiger charge is -2.36. The third kappa shape index (κ3) is 4.52. The van der Waals surface area contributed by atoms with Crippen LogP contribution in [0.3, 0.4) is 0 Å². The minimum atomic E-state index is 0.162. The fourth-order valence-corrected chi connectivity index (χ4v) is 3.69. The van der Waals surface area contributed by atoms with Crippen molar-refractivity contribution >= 4 is 17.2 Å². The lowest BCUT2D eigenvalue weighted by molar-refractivity contribution is 0.162. The van der Waals surface area contributed by atoms with E-state index in [0.29, 0.717) is 11.0 Å². The van der Waals surface area contributed by atoms with Crippen LogP contribution in [0.4, 0.5) is 0 Å². The highest BCUT2D eigenvalue weighted by Crippen LogP contribution is 2.30. The predicted octanol–water partition coefficient (Wildman–Crippen LogP) is 3.96. The summed E-state index contributed by atoms with van der Waals surface area (Å²) in [5.41, 5.74) is 7.23. The molecule has 1 fully saturated rings. The van der Waals surface area contributed by atoms with Crippen molar-refractivity contribution in [3.8, 4) is 0 Å². The first-order valence-electron chi connectivity index (χ1n) is 8.16. The van der Waals surface area contributed by atoms with Crippen molar-refractivity contribution in [2.75, 3.05) is 13.6 Å². The third-order valence-electron chi connectivity index (χ3n) is 5.03. The van der Waals surface area contributed by atoms with Gasteiger partial charge in [-0.3, -0.25) is 0 Å². The van der Waals surface area contributed by atoms with E-state index in [2.05, 4.69) is 43.1 Å². The molecule has 1 saturated carbocycles. The number of benzene rings is 1. The average Bonchev–Trinajstić information content (AvgIpc) is 2.53. The lowest BCUT2D eigenvalue weighted by atomic mass is 9.83. The van der Waals surface area contributed by atoms with Crippen molar-refractivity contribution in [2.45, 2.75) is 51.0 Å². The topological polar surface area (TPSA) is 29.3 Å². The maximum Gasteiger partial charge on any atom is 0.0816 e. The van der Waals surface area contributed by atoms with E-state index in [-0.39, 0.29) is 5.92 Å². The number of hydrogen-bond acceptors (Lipinski definition) is 2. The van der Waals surface area contributed by atoms with E-state index < -0.39 is 0 Å². The van der Waals surface area contributed by atoms with Gasteiger partial charge in [-0.1, -0.05) is 55.9 Å². The molecule has 1 aliphatic rings. The normalized spacial score (nSPS) is 24.0. The second-order valence-corrected chi connectivity index (χ2v) is 6.86. The number of thiocarbonyl (C=S) groups is 1. The maximum absolute atomic E-state index is 5.99. The van der Waals surface area contributed by atoms with Gasteiger partial charge in [-0.15, -0.1) is 0 Å². The van der Waals surface area contributed by atoms with Crippen LogP contribution in [0.5, 0.6) is 0 Å². The molecule has 2 nitrogen and oxygen atoms in total. The molecule has 1 atom stereocenters. The van der Waals surface area contributed by atoms with Gasteiger partial charge in [0.15, 0.2) is 0 Å². The fourth-order valence-electron chi connectivity index (χ4n) is 3.48. The highest BCUT2D eigenvalue weighted by molar-refractivity contribution is 7.80. The Morgan fingerprint density at radius 1 is 1.24 bits per heavy atom. The molecule has 2 rings (SSSR count). The highest BCUT2D eigenvalue weighted by Gasteiger charge is 2.25. The molecule has 2 N–H and O–H groups in total. The number of hydrogen-bond donors (Lipinski definition) is 1. The summed E-state index contributed by atoms with van der Waals surface area (Å²) in [4.78, 5) is 3.08. The fraction of sp³-hybridized carbons (Fsp3) is 0.611. The predicted molar refractivity (Wildman–Crippen MR) is 94.6 cm³/mol. The van der Waals surface area contributed by atoms with Gasteiger partial charge >= 0.3 is 0 Å². The summed E-state index contributed by atoms with van der Waals surface area (Å²) < 4.78 is 0. The summed E-state index contributed by atoms with van der Waals surface area (Å²) in [5.74, 6) is 1.10. The number of rotatable bonds is 6. The van der Waals surface area contributed by atoms with E-state index in [1.807, 2.05) is 6.07 Å². The van der Waals surface area contributed by atoms with Crippen molar-refractivity contribution in [2.24, 2.45) is 11.7 Å². The van der Waals surface area contributed by atoms with Gasteiger partial charge in [0, 0.05) is 18.5 Å². The average molecular weight is 305 g/mol. The Kier molecular flexibility index (Phi) is 6.19. The summed E-state index contributed by atoms with van der Waals surface area (Å²) in [7, 11) is 2.23. The molecular weight excluding hydrogens is 276 g/mol. The van der Waals surface area contributed by atoms with Crippen molar-refractivity contribution in [1.29, 1.82) is 0 Å². The van der Waals surface area contributed by atoms with Gasteiger partial charge < -0.3 is 10.6 Å². The smallest absolute Gasteiger partial charge is 0.0816 e. The molecule has 3 heteroatoms. The van der Waals surface area contributed by atoms with Crippen molar-refractivity contribution in [1.82, 2.24) is 4.90 Å². The van der Waals surface area contributed by atoms with E-state index in [9.17, 15) is 0 Å². The SMILES string of the molecule is CCC1CCC(N(C)CC(C(N)=S)c2ccccc2)CC1. The summed E-state index contributed by atoms with van der Waals surface area (Å²) in [6.45, 7) is 3.24. The van der Waals surface area contributed by atoms with Crippen molar-refractivity contribution < 1.29 is 0 Å². The van der Waals surface area contributed by atoms with E-state index in [0.717, 1.165) is 12.5 Å². The zero-order chi connectivity index (χ0) is 15.2. The molecule has 116 valence electrons. The second kappa shape index (κ2) is 7.90. The highest BCUT2D eigenvalue weighted by atomic mass is 32.1. The first-order valence-corrected chi connectivity index (χ1v) is 8.57. The molecule has 0 amide bonds. The van der Waals surface area contributed by atoms with Gasteiger partial charge in [-0.05, 0) is 44.2 Å².